The molecule has 4 aromatic rings. The summed E-state index contributed by atoms with van der Waals surface area (Å²) >= 11 is 0. The highest BCUT2D eigenvalue weighted by Crippen LogP contribution is 2.48. The number of aromatic nitrogens is 3. The monoisotopic (exact) mass is 1010 g/mol. The van der Waals surface area contributed by atoms with Gasteiger partial charge in [0, 0.05) is 55.3 Å². The van der Waals surface area contributed by atoms with E-state index in [0.29, 0.717) is 82.8 Å². The second-order valence-electron chi connectivity index (χ2n) is 23.5. The third-order valence-electron chi connectivity index (χ3n) is 15.7. The predicted molar refractivity (Wildman–Crippen MR) is 288 cm³/mol. The van der Waals surface area contributed by atoms with E-state index in [9.17, 15) is 4.79 Å². The van der Waals surface area contributed by atoms with Crippen molar-refractivity contribution < 1.29 is 32.2 Å². The molecule has 0 bridgehead atoms. The van der Waals surface area contributed by atoms with Gasteiger partial charge >= 0.3 is 12.1 Å². The summed E-state index contributed by atoms with van der Waals surface area (Å²) in [6.07, 6.45) is 5.42. The van der Waals surface area contributed by atoms with Crippen molar-refractivity contribution in [3.63, 3.8) is 0 Å². The molecule has 1 amide bonds. The van der Waals surface area contributed by atoms with Crippen LogP contribution in [0, 0.1) is 28.5 Å². The van der Waals surface area contributed by atoms with E-state index in [0.717, 1.165) is 51.7 Å². The number of hydrogen-bond acceptors (Lipinski definition) is 10. The van der Waals surface area contributed by atoms with E-state index in [1.54, 1.807) is 22.3 Å². The molecule has 388 valence electrons. The summed E-state index contributed by atoms with van der Waals surface area (Å²) in [6, 6.07) is 7.03. The first-order chi connectivity index (χ1) is 33.4. The Hall–Kier alpha value is -4.37. The van der Waals surface area contributed by atoms with E-state index < -0.39 is 39.7 Å². The van der Waals surface area contributed by atoms with Gasteiger partial charge in [0.25, 0.3) is 8.32 Å². The number of halogens is 2. The van der Waals surface area contributed by atoms with Gasteiger partial charge in [0.2, 0.25) is 0 Å². The average molecular weight is 1010 g/mol. The highest BCUT2D eigenvalue weighted by Gasteiger charge is 2.48. The number of carbonyl (C=O) groups excluding carboxylic acids is 1. The Kier molecular flexibility index (Phi) is 16.6. The van der Waals surface area contributed by atoms with Gasteiger partial charge in [0.1, 0.15) is 36.5 Å². The van der Waals surface area contributed by atoms with Crippen molar-refractivity contribution in [2.24, 2.45) is 5.41 Å². The second-order valence-corrected chi connectivity index (χ2v) is 34.5. The van der Waals surface area contributed by atoms with Crippen LogP contribution in [0.15, 0.2) is 30.5 Å². The highest BCUT2D eigenvalue weighted by atomic mass is 28.4. The number of carbonyl (C=O) groups is 1. The van der Waals surface area contributed by atoms with Crippen LogP contribution in [-0.4, -0.2) is 105 Å². The summed E-state index contributed by atoms with van der Waals surface area (Å²) in [5.74, 6) is 3.11. The number of nitrogens with zero attached hydrogens (tertiary/aromatic N) is 6. The number of amides is 1. The molecule has 3 aliphatic rings. The maximum Gasteiger partial charge on any atom is 0.429 e. The topological polar surface area (TPSA) is 102 Å². The molecule has 2 aliphatic heterocycles. The highest BCUT2D eigenvalue weighted by molar-refractivity contribution is 6.90. The van der Waals surface area contributed by atoms with Crippen molar-refractivity contribution in [1.29, 1.82) is 0 Å². The second kappa shape index (κ2) is 21.6. The number of rotatable bonds is 15. The Labute approximate surface area is 425 Å². The number of benzene rings is 2. The lowest BCUT2D eigenvalue weighted by Crippen LogP contribution is -2.50. The lowest BCUT2D eigenvalue weighted by molar-refractivity contribution is 0.0229. The van der Waals surface area contributed by atoms with E-state index in [2.05, 4.69) is 99.4 Å². The van der Waals surface area contributed by atoms with Crippen molar-refractivity contribution in [1.82, 2.24) is 24.9 Å². The van der Waals surface area contributed by atoms with Gasteiger partial charge in [-0.1, -0.05) is 95.1 Å². The molecule has 71 heavy (non-hydrogen) atoms. The maximum atomic E-state index is 18.4. The summed E-state index contributed by atoms with van der Waals surface area (Å²) in [4.78, 5) is 31.3. The SMILES string of the molecule is CC(C)[Si](C#Cc1c(F)ccc2cc(O[Si](C(C)C)(C(C)C)C(C)C)cc(-c3ncc4c(N5CCCCCN5C(=O)OC(C)(C)C)nc(OCC5(CN6CCOCC6)CC5)nc4c3F)c12)(C(C)C)C(C)C. The zero-order valence-corrected chi connectivity index (χ0v) is 47.5. The predicted octanol–water partition coefficient (Wildman–Crippen LogP) is 13.9. The molecular formula is C56H82F2N6O5Si2. The van der Waals surface area contributed by atoms with Gasteiger partial charge in [-0.3, -0.25) is 14.9 Å². The maximum absolute atomic E-state index is 18.4. The molecule has 0 atom stereocenters. The van der Waals surface area contributed by atoms with Crippen LogP contribution in [0.4, 0.5) is 19.4 Å². The Morgan fingerprint density at radius 3 is 2.06 bits per heavy atom. The minimum absolute atomic E-state index is 0.00340. The number of pyridine rings is 1. The largest absolute Gasteiger partial charge is 0.543 e. The summed E-state index contributed by atoms with van der Waals surface area (Å²) < 4.78 is 60.7. The summed E-state index contributed by atoms with van der Waals surface area (Å²) in [5, 5.41) is 4.80. The molecule has 4 heterocycles. The van der Waals surface area contributed by atoms with Crippen molar-refractivity contribution in [2.75, 3.05) is 57.6 Å². The van der Waals surface area contributed by atoms with Crippen LogP contribution in [0.5, 0.6) is 11.8 Å². The Morgan fingerprint density at radius 2 is 1.46 bits per heavy atom. The van der Waals surface area contributed by atoms with Gasteiger partial charge in [-0.25, -0.2) is 18.6 Å². The van der Waals surface area contributed by atoms with Crippen LogP contribution in [0.1, 0.15) is 142 Å². The van der Waals surface area contributed by atoms with E-state index in [1.807, 2.05) is 32.9 Å². The van der Waals surface area contributed by atoms with E-state index in [4.69, 9.17) is 33.6 Å². The van der Waals surface area contributed by atoms with Gasteiger partial charge in [0.15, 0.2) is 11.6 Å². The number of ether oxygens (including phenoxy) is 3. The molecule has 2 saturated heterocycles. The number of hydrogen-bond donors (Lipinski definition) is 0. The molecule has 15 heteroatoms. The first-order valence-electron chi connectivity index (χ1n) is 26.5. The van der Waals surface area contributed by atoms with Gasteiger partial charge in [-0.2, -0.15) is 9.97 Å². The van der Waals surface area contributed by atoms with Crippen LogP contribution in [0.2, 0.25) is 33.2 Å². The molecule has 2 aromatic heterocycles. The summed E-state index contributed by atoms with van der Waals surface area (Å²) in [7, 11) is -4.90. The first-order valence-corrected chi connectivity index (χ1v) is 30.9. The molecule has 1 saturated carbocycles. The average Bonchev–Trinajstić information content (AvgIpc) is 4.10. The van der Waals surface area contributed by atoms with E-state index >= 15 is 8.78 Å². The molecule has 11 nitrogen and oxygen atoms in total. The van der Waals surface area contributed by atoms with Crippen LogP contribution in [-0.2, 0) is 9.47 Å². The molecule has 0 spiro atoms. The van der Waals surface area contributed by atoms with Crippen molar-refractivity contribution in [3.05, 3.63) is 47.7 Å². The molecule has 1 aliphatic carbocycles. The molecule has 3 fully saturated rings. The molecule has 2 aromatic carbocycles. The number of hydrazine groups is 1. The fourth-order valence-corrected chi connectivity index (χ4v) is 22.5. The van der Waals surface area contributed by atoms with Crippen LogP contribution >= 0.6 is 0 Å². The van der Waals surface area contributed by atoms with Gasteiger partial charge in [-0.05, 0) is 110 Å². The minimum Gasteiger partial charge on any atom is -0.543 e. The number of anilines is 1. The lowest BCUT2D eigenvalue weighted by atomic mass is 9.96. The fraction of sp³-hybridized carbons (Fsp3) is 0.643. The number of fused-ring (bicyclic) bond motifs is 2. The number of morpholine rings is 1. The van der Waals surface area contributed by atoms with Crippen LogP contribution in [0.3, 0.4) is 0 Å². The standard InChI is InChI=1S/C56H82F2N6O5Si2/c1-36(2)70(37(3)4,38(5)6)30-21-44-47(57)20-19-42-31-43(69-71(39(7)8,40(9)10)41(11)12)32-45(48(42)44)50-49(58)51-46(33-59-50)52(63-24-17-16-18-25-64(63)54(65)68-55(13,14)15)61-53(60-51)67-35-56(22-23-56)34-62-26-28-66-29-27-62/h19-20,31-33,36-41H,16-18,22-29,34-35H2,1-15H3. The van der Waals surface area contributed by atoms with Crippen molar-refractivity contribution in [2.45, 2.75) is 175 Å². The Morgan fingerprint density at radius 1 is 0.831 bits per heavy atom. The van der Waals surface area contributed by atoms with Crippen LogP contribution in [0.25, 0.3) is 32.9 Å². The zero-order chi connectivity index (χ0) is 51.8. The quantitative estimate of drug-likeness (QED) is 0.0845. The Bertz CT molecular complexity index is 2570. The third kappa shape index (κ3) is 11.3. The first kappa shape index (κ1) is 54.4. The minimum atomic E-state index is -2.55. The normalized spacial score (nSPS) is 17.2. The lowest BCUT2D eigenvalue weighted by Gasteiger charge is -2.42. The van der Waals surface area contributed by atoms with E-state index in [1.165, 1.54) is 6.07 Å². The van der Waals surface area contributed by atoms with Crippen molar-refractivity contribution >= 4 is 50.0 Å². The summed E-state index contributed by atoms with van der Waals surface area (Å²) in [5.41, 5.74) is 5.13. The fourth-order valence-electron chi connectivity index (χ4n) is 12.1. The summed E-state index contributed by atoms with van der Waals surface area (Å²) in [6.45, 7) is 37.4. The zero-order valence-electron chi connectivity index (χ0n) is 45.5. The Balaban J connectivity index is 1.49. The molecule has 0 unspecified atom stereocenters. The van der Waals surface area contributed by atoms with E-state index in [-0.39, 0.29) is 44.8 Å². The smallest absolute Gasteiger partial charge is 0.429 e. The van der Waals surface area contributed by atoms with Gasteiger partial charge in [0.05, 0.1) is 30.8 Å². The van der Waals surface area contributed by atoms with Gasteiger partial charge < -0.3 is 18.6 Å². The third-order valence-corrected chi connectivity index (χ3v) is 28.0. The molecule has 7 rings (SSSR count). The molecular weight excluding hydrogens is 931 g/mol. The molecule has 0 radical (unpaired) electrons. The van der Waals surface area contributed by atoms with Crippen molar-refractivity contribution in [3.8, 4) is 34.5 Å². The van der Waals surface area contributed by atoms with Crippen LogP contribution < -0.4 is 14.2 Å². The van der Waals surface area contributed by atoms with Gasteiger partial charge in [-0.15, -0.1) is 5.54 Å². The molecule has 0 N–H and O–H groups in total.